The summed E-state index contributed by atoms with van der Waals surface area (Å²) >= 11 is 0. The number of benzene rings is 1. The Morgan fingerprint density at radius 1 is 1.36 bits per heavy atom. The van der Waals surface area contributed by atoms with Crippen molar-refractivity contribution < 1.29 is 19.1 Å². The summed E-state index contributed by atoms with van der Waals surface area (Å²) in [4.78, 5) is 22.6. The Labute approximate surface area is 144 Å². The van der Waals surface area contributed by atoms with Crippen LogP contribution in [0.1, 0.15) is 11.3 Å². The van der Waals surface area contributed by atoms with E-state index in [1.807, 2.05) is 13.0 Å². The molecule has 25 heavy (non-hydrogen) atoms. The second kappa shape index (κ2) is 8.48. The highest BCUT2D eigenvalue weighted by atomic mass is 16.5. The summed E-state index contributed by atoms with van der Waals surface area (Å²) in [5.41, 5.74) is 9.03. The molecule has 0 fully saturated rings. The molecule has 9 heteroatoms. The van der Waals surface area contributed by atoms with Gasteiger partial charge in [0.2, 0.25) is 0 Å². The number of nitrogens with two attached hydrogens (primary N) is 1. The third-order valence-electron chi connectivity index (χ3n) is 3.18. The van der Waals surface area contributed by atoms with Crippen LogP contribution in [0.4, 0.5) is 0 Å². The Bertz CT molecular complexity index is 785. The van der Waals surface area contributed by atoms with Gasteiger partial charge in [-0.05, 0) is 36.8 Å². The zero-order chi connectivity index (χ0) is 18.2. The molecule has 0 atom stereocenters. The maximum absolute atomic E-state index is 11.8. The zero-order valence-corrected chi connectivity index (χ0v) is 13.9. The fraction of sp³-hybridized carbons (Fsp3) is 0.250. The predicted octanol–water partition coefficient (Wildman–Crippen LogP) is 0.215. The van der Waals surface area contributed by atoms with E-state index in [9.17, 15) is 9.59 Å². The molecule has 2 rings (SSSR count). The first kappa shape index (κ1) is 18.0. The van der Waals surface area contributed by atoms with E-state index in [1.165, 1.54) is 13.3 Å². The van der Waals surface area contributed by atoms with Crippen LogP contribution in [0.5, 0.6) is 11.5 Å². The molecule has 1 aromatic heterocycles. The standard InChI is InChI=1S/C16H19N5O4/c1-11-5-6-19-21(11)9-16(23)20-18-8-12-3-4-13(14(7-12)24-2)25-10-15(17)22/h3-8H,9-10H2,1-2H3,(H2,17,22)(H,20,23)/b18-8-. The Morgan fingerprint density at radius 3 is 2.80 bits per heavy atom. The fourth-order valence-corrected chi connectivity index (χ4v) is 1.95. The molecule has 1 heterocycles. The van der Waals surface area contributed by atoms with Gasteiger partial charge in [0, 0.05) is 11.9 Å². The quantitative estimate of drug-likeness (QED) is 0.523. The predicted molar refractivity (Wildman–Crippen MR) is 90.4 cm³/mol. The van der Waals surface area contributed by atoms with Gasteiger partial charge in [-0.2, -0.15) is 10.2 Å². The van der Waals surface area contributed by atoms with Gasteiger partial charge in [0.15, 0.2) is 18.1 Å². The van der Waals surface area contributed by atoms with Gasteiger partial charge in [-0.15, -0.1) is 0 Å². The maximum Gasteiger partial charge on any atom is 0.261 e. The number of hydrogen-bond acceptors (Lipinski definition) is 6. The summed E-state index contributed by atoms with van der Waals surface area (Å²) in [5.74, 6) is -0.0698. The summed E-state index contributed by atoms with van der Waals surface area (Å²) < 4.78 is 12.0. The lowest BCUT2D eigenvalue weighted by Crippen LogP contribution is -2.24. The Morgan fingerprint density at radius 2 is 2.16 bits per heavy atom. The number of ether oxygens (including phenoxy) is 2. The molecule has 2 amide bonds. The van der Waals surface area contributed by atoms with Gasteiger partial charge < -0.3 is 15.2 Å². The minimum atomic E-state index is -0.581. The average Bonchev–Trinajstić information content (AvgIpc) is 2.98. The van der Waals surface area contributed by atoms with E-state index in [4.69, 9.17) is 15.2 Å². The van der Waals surface area contributed by atoms with Crippen molar-refractivity contribution in [2.45, 2.75) is 13.5 Å². The van der Waals surface area contributed by atoms with Crippen LogP contribution in [0.25, 0.3) is 0 Å². The lowest BCUT2D eigenvalue weighted by Gasteiger charge is -2.09. The van der Waals surface area contributed by atoms with E-state index in [-0.39, 0.29) is 19.1 Å². The van der Waals surface area contributed by atoms with Crippen molar-refractivity contribution in [3.05, 3.63) is 41.7 Å². The van der Waals surface area contributed by atoms with Crippen molar-refractivity contribution in [1.82, 2.24) is 15.2 Å². The lowest BCUT2D eigenvalue weighted by atomic mass is 10.2. The first-order valence-electron chi connectivity index (χ1n) is 7.39. The monoisotopic (exact) mass is 345 g/mol. The number of primary amides is 1. The van der Waals surface area contributed by atoms with E-state index in [0.29, 0.717) is 17.1 Å². The summed E-state index contributed by atoms with van der Waals surface area (Å²) in [6.07, 6.45) is 3.09. The minimum Gasteiger partial charge on any atom is -0.493 e. The smallest absolute Gasteiger partial charge is 0.261 e. The third kappa shape index (κ3) is 5.34. The van der Waals surface area contributed by atoms with Crippen LogP contribution in [-0.4, -0.2) is 41.5 Å². The molecule has 0 saturated carbocycles. The van der Waals surface area contributed by atoms with Gasteiger partial charge in [-0.25, -0.2) is 5.43 Å². The van der Waals surface area contributed by atoms with E-state index in [1.54, 1.807) is 29.1 Å². The topological polar surface area (TPSA) is 121 Å². The minimum absolute atomic E-state index is 0.0827. The number of carbonyl (C=O) groups is 2. The molecule has 0 saturated heterocycles. The molecule has 0 bridgehead atoms. The summed E-state index contributed by atoms with van der Waals surface area (Å²) in [6, 6.07) is 6.79. The number of hydrogen-bond donors (Lipinski definition) is 2. The van der Waals surface area contributed by atoms with Crippen molar-refractivity contribution in [3.63, 3.8) is 0 Å². The molecular weight excluding hydrogens is 326 g/mol. The molecule has 132 valence electrons. The molecule has 0 spiro atoms. The van der Waals surface area contributed by atoms with Crippen molar-refractivity contribution >= 4 is 18.0 Å². The largest absolute Gasteiger partial charge is 0.493 e. The van der Waals surface area contributed by atoms with Crippen LogP contribution in [0.2, 0.25) is 0 Å². The number of nitrogens with zero attached hydrogens (tertiary/aromatic N) is 3. The Balaban J connectivity index is 1.95. The second-order valence-corrected chi connectivity index (χ2v) is 5.09. The van der Waals surface area contributed by atoms with Gasteiger partial charge in [0.05, 0.1) is 13.3 Å². The number of rotatable bonds is 8. The summed E-state index contributed by atoms with van der Waals surface area (Å²) in [7, 11) is 1.47. The van der Waals surface area contributed by atoms with Crippen molar-refractivity contribution in [2.75, 3.05) is 13.7 Å². The third-order valence-corrected chi connectivity index (χ3v) is 3.18. The van der Waals surface area contributed by atoms with Gasteiger partial charge >= 0.3 is 0 Å². The fourth-order valence-electron chi connectivity index (χ4n) is 1.95. The van der Waals surface area contributed by atoms with Gasteiger partial charge in [-0.3, -0.25) is 14.3 Å². The van der Waals surface area contributed by atoms with E-state index in [0.717, 1.165) is 5.69 Å². The molecule has 0 radical (unpaired) electrons. The molecule has 3 N–H and O–H groups in total. The first-order valence-corrected chi connectivity index (χ1v) is 7.39. The van der Waals surface area contributed by atoms with Crippen molar-refractivity contribution in [2.24, 2.45) is 10.8 Å². The van der Waals surface area contributed by atoms with Crippen LogP contribution in [0.3, 0.4) is 0 Å². The molecule has 0 aliphatic heterocycles. The van der Waals surface area contributed by atoms with Crippen LogP contribution >= 0.6 is 0 Å². The van der Waals surface area contributed by atoms with Gasteiger partial charge in [-0.1, -0.05) is 0 Å². The van der Waals surface area contributed by atoms with E-state index in [2.05, 4.69) is 15.6 Å². The SMILES string of the molecule is COc1cc(/C=N\NC(=O)Cn2nccc2C)ccc1OCC(N)=O. The number of nitrogens with one attached hydrogen (secondary N) is 1. The molecule has 9 nitrogen and oxygen atoms in total. The van der Waals surface area contributed by atoms with E-state index < -0.39 is 5.91 Å². The number of methoxy groups -OCH3 is 1. The van der Waals surface area contributed by atoms with E-state index >= 15 is 0 Å². The van der Waals surface area contributed by atoms with Gasteiger partial charge in [0.1, 0.15) is 6.54 Å². The molecule has 0 unspecified atom stereocenters. The summed E-state index contributed by atoms with van der Waals surface area (Å²) in [5, 5.41) is 7.92. The molecule has 2 aromatic rings. The van der Waals surface area contributed by atoms with Gasteiger partial charge in [0.25, 0.3) is 11.8 Å². The lowest BCUT2D eigenvalue weighted by molar-refractivity contribution is -0.122. The molecule has 1 aromatic carbocycles. The second-order valence-electron chi connectivity index (χ2n) is 5.09. The van der Waals surface area contributed by atoms with Crippen molar-refractivity contribution in [1.29, 1.82) is 0 Å². The highest BCUT2D eigenvalue weighted by Gasteiger charge is 2.07. The number of hydrazone groups is 1. The summed E-state index contributed by atoms with van der Waals surface area (Å²) in [6.45, 7) is 1.70. The number of carbonyl (C=O) groups excluding carboxylic acids is 2. The Kier molecular flexibility index (Phi) is 6.10. The zero-order valence-electron chi connectivity index (χ0n) is 13.9. The first-order chi connectivity index (χ1) is 12.0. The molecule has 0 aliphatic rings. The molecule has 0 aliphatic carbocycles. The number of amides is 2. The van der Waals surface area contributed by atoms with Crippen molar-refractivity contribution in [3.8, 4) is 11.5 Å². The normalized spacial score (nSPS) is 10.6. The average molecular weight is 345 g/mol. The number of aryl methyl sites for hydroxylation is 1. The highest BCUT2D eigenvalue weighted by molar-refractivity contribution is 5.83. The van der Waals surface area contributed by atoms with Crippen LogP contribution < -0.4 is 20.6 Å². The Hall–Kier alpha value is -3.36. The van der Waals surface area contributed by atoms with Crippen LogP contribution in [-0.2, 0) is 16.1 Å². The maximum atomic E-state index is 11.8. The number of aromatic nitrogens is 2. The molecular formula is C16H19N5O4. The highest BCUT2D eigenvalue weighted by Crippen LogP contribution is 2.27. The van der Waals surface area contributed by atoms with Crippen LogP contribution in [0, 0.1) is 6.92 Å². The van der Waals surface area contributed by atoms with Crippen LogP contribution in [0.15, 0.2) is 35.6 Å².